The zero-order chi connectivity index (χ0) is 15.0. The molecule has 0 aromatic rings. The van der Waals surface area contributed by atoms with Crippen molar-refractivity contribution in [2.75, 3.05) is 13.2 Å². The molecule has 0 spiro atoms. The first kappa shape index (κ1) is 14.3. The van der Waals surface area contributed by atoms with E-state index in [1.807, 2.05) is 0 Å². The van der Waals surface area contributed by atoms with E-state index in [0.717, 1.165) is 19.3 Å². The molecule has 2 heterocycles. The number of fused-ring (bicyclic) bond motifs is 1. The summed E-state index contributed by atoms with van der Waals surface area (Å²) in [5.41, 5.74) is 0. The van der Waals surface area contributed by atoms with Crippen molar-refractivity contribution in [2.24, 2.45) is 17.8 Å². The third-order valence-corrected chi connectivity index (χ3v) is 4.59. The molecule has 7 heteroatoms. The average molecular weight is 298 g/mol. The van der Waals surface area contributed by atoms with Gasteiger partial charge < -0.3 is 19.3 Å². The SMILES string of the molecule is O=C(CO)OCC(=O)OC1C2CC3CC(C2)C(=O)OC1C3. The lowest BCUT2D eigenvalue weighted by Crippen LogP contribution is -2.45. The second-order valence-electron chi connectivity index (χ2n) is 6.01. The number of carbonyl (C=O) groups excluding carboxylic acids is 3. The summed E-state index contributed by atoms with van der Waals surface area (Å²) in [5, 5.41) is 8.52. The Hall–Kier alpha value is -1.63. The highest BCUT2D eigenvalue weighted by Gasteiger charge is 2.51. The van der Waals surface area contributed by atoms with Gasteiger partial charge in [-0.05, 0) is 31.6 Å². The average Bonchev–Trinajstić information content (AvgIpc) is 2.62. The lowest BCUT2D eigenvalue weighted by atomic mass is 9.67. The summed E-state index contributed by atoms with van der Waals surface area (Å²) >= 11 is 0. The van der Waals surface area contributed by atoms with Crippen LogP contribution in [0.1, 0.15) is 25.7 Å². The predicted molar refractivity (Wildman–Crippen MR) is 66.7 cm³/mol. The third kappa shape index (κ3) is 2.88. The van der Waals surface area contributed by atoms with Gasteiger partial charge in [-0.25, -0.2) is 9.59 Å². The number of aliphatic hydroxyl groups excluding tert-OH is 1. The van der Waals surface area contributed by atoms with Crippen molar-refractivity contribution in [3.8, 4) is 0 Å². The maximum atomic E-state index is 11.9. The Morgan fingerprint density at radius 3 is 2.76 bits per heavy atom. The van der Waals surface area contributed by atoms with Crippen LogP contribution in [0.3, 0.4) is 0 Å². The molecule has 2 saturated heterocycles. The molecule has 4 aliphatic rings. The number of esters is 3. The Morgan fingerprint density at radius 2 is 2.00 bits per heavy atom. The highest BCUT2D eigenvalue weighted by atomic mass is 16.6. The van der Waals surface area contributed by atoms with E-state index in [9.17, 15) is 14.4 Å². The minimum Gasteiger partial charge on any atom is -0.458 e. The van der Waals surface area contributed by atoms with Gasteiger partial charge in [0, 0.05) is 5.92 Å². The first-order valence-corrected chi connectivity index (χ1v) is 7.23. The zero-order valence-electron chi connectivity index (χ0n) is 11.5. The van der Waals surface area contributed by atoms with E-state index in [1.54, 1.807) is 0 Å². The van der Waals surface area contributed by atoms with Crippen LogP contribution in [0.4, 0.5) is 0 Å². The fourth-order valence-electron chi connectivity index (χ4n) is 3.81. The van der Waals surface area contributed by atoms with E-state index in [-0.39, 0.29) is 23.9 Å². The topological polar surface area (TPSA) is 99.1 Å². The Labute approximate surface area is 121 Å². The van der Waals surface area contributed by atoms with E-state index in [1.165, 1.54) is 0 Å². The van der Waals surface area contributed by atoms with Crippen molar-refractivity contribution >= 4 is 17.9 Å². The summed E-state index contributed by atoms with van der Waals surface area (Å²) < 4.78 is 15.3. The first-order valence-electron chi connectivity index (χ1n) is 7.23. The molecule has 4 fully saturated rings. The number of ether oxygens (including phenoxy) is 3. The fraction of sp³-hybridized carbons (Fsp3) is 0.786. The normalized spacial score (nSPS) is 36.8. The molecule has 2 aliphatic heterocycles. The molecular weight excluding hydrogens is 280 g/mol. The van der Waals surface area contributed by atoms with E-state index >= 15 is 0 Å². The molecule has 4 rings (SSSR count). The molecule has 1 N–H and O–H groups in total. The number of carbonyl (C=O) groups is 3. The van der Waals surface area contributed by atoms with Gasteiger partial charge in [0.15, 0.2) is 6.61 Å². The molecule has 116 valence electrons. The van der Waals surface area contributed by atoms with Gasteiger partial charge in [-0.15, -0.1) is 0 Å². The Morgan fingerprint density at radius 1 is 1.19 bits per heavy atom. The Bertz CT molecular complexity index is 460. The summed E-state index contributed by atoms with van der Waals surface area (Å²) in [6.45, 7) is -1.31. The third-order valence-electron chi connectivity index (χ3n) is 4.59. The van der Waals surface area contributed by atoms with Crippen LogP contribution in [0.2, 0.25) is 0 Å². The molecule has 2 saturated carbocycles. The van der Waals surface area contributed by atoms with Crippen molar-refractivity contribution < 1.29 is 33.7 Å². The number of aliphatic hydroxyl groups is 1. The maximum absolute atomic E-state index is 11.9. The van der Waals surface area contributed by atoms with E-state index in [0.29, 0.717) is 12.3 Å². The van der Waals surface area contributed by atoms with Crippen LogP contribution >= 0.6 is 0 Å². The van der Waals surface area contributed by atoms with Gasteiger partial charge in [0.2, 0.25) is 0 Å². The molecule has 0 aromatic heterocycles. The van der Waals surface area contributed by atoms with E-state index in [4.69, 9.17) is 14.6 Å². The van der Waals surface area contributed by atoms with Crippen molar-refractivity contribution in [1.82, 2.24) is 0 Å². The standard InChI is InChI=1S/C14H18O7/c15-5-11(16)19-6-12(17)21-13-8-1-7-2-9(4-8)14(18)20-10(13)3-7/h7-10,13,15H,1-6H2. The van der Waals surface area contributed by atoms with Crippen LogP contribution in [-0.4, -0.2) is 48.4 Å². The Kier molecular flexibility index (Phi) is 3.84. The van der Waals surface area contributed by atoms with Crippen LogP contribution in [0.5, 0.6) is 0 Å². The highest BCUT2D eigenvalue weighted by Crippen LogP contribution is 2.48. The zero-order valence-corrected chi connectivity index (χ0v) is 11.5. The van der Waals surface area contributed by atoms with Gasteiger partial charge in [-0.2, -0.15) is 0 Å². The van der Waals surface area contributed by atoms with Crippen LogP contribution in [0.15, 0.2) is 0 Å². The van der Waals surface area contributed by atoms with Gasteiger partial charge in [-0.3, -0.25) is 4.79 Å². The molecule has 4 bridgehead atoms. The second-order valence-corrected chi connectivity index (χ2v) is 6.01. The molecule has 5 atom stereocenters. The van der Waals surface area contributed by atoms with Gasteiger partial charge in [0.1, 0.15) is 18.8 Å². The summed E-state index contributed by atoms with van der Waals surface area (Å²) in [4.78, 5) is 34.4. The second kappa shape index (κ2) is 5.63. The van der Waals surface area contributed by atoms with Crippen molar-refractivity contribution in [2.45, 2.75) is 37.9 Å². The van der Waals surface area contributed by atoms with Gasteiger partial charge in [0.25, 0.3) is 0 Å². The maximum Gasteiger partial charge on any atom is 0.344 e. The number of hydrogen-bond acceptors (Lipinski definition) is 7. The van der Waals surface area contributed by atoms with Crippen LogP contribution in [-0.2, 0) is 28.6 Å². The number of hydrogen-bond donors (Lipinski definition) is 1. The molecule has 21 heavy (non-hydrogen) atoms. The van der Waals surface area contributed by atoms with Crippen molar-refractivity contribution in [3.63, 3.8) is 0 Å². The smallest absolute Gasteiger partial charge is 0.344 e. The van der Waals surface area contributed by atoms with Crippen molar-refractivity contribution in [1.29, 1.82) is 0 Å². The molecule has 5 unspecified atom stereocenters. The molecular formula is C14H18O7. The van der Waals surface area contributed by atoms with E-state index in [2.05, 4.69) is 4.74 Å². The monoisotopic (exact) mass is 298 g/mol. The molecule has 0 aromatic carbocycles. The predicted octanol–water partition coefficient (Wildman–Crippen LogP) is -0.205. The van der Waals surface area contributed by atoms with E-state index < -0.39 is 31.3 Å². The molecule has 7 nitrogen and oxygen atoms in total. The van der Waals surface area contributed by atoms with Crippen LogP contribution in [0, 0.1) is 17.8 Å². The fourth-order valence-corrected chi connectivity index (χ4v) is 3.81. The highest BCUT2D eigenvalue weighted by molar-refractivity contribution is 5.77. The van der Waals surface area contributed by atoms with Crippen LogP contribution in [0.25, 0.3) is 0 Å². The lowest BCUT2D eigenvalue weighted by Gasteiger charge is -2.41. The summed E-state index contributed by atoms with van der Waals surface area (Å²) in [5.74, 6) is -1.21. The largest absolute Gasteiger partial charge is 0.458 e. The lowest BCUT2D eigenvalue weighted by molar-refractivity contribution is -0.178. The molecule has 0 radical (unpaired) electrons. The minimum atomic E-state index is -0.874. The quantitative estimate of drug-likeness (QED) is 0.566. The summed E-state index contributed by atoms with van der Waals surface area (Å²) in [6, 6.07) is 0. The summed E-state index contributed by atoms with van der Waals surface area (Å²) in [6.07, 6.45) is 2.41. The first-order chi connectivity index (χ1) is 10.1. The van der Waals surface area contributed by atoms with Gasteiger partial charge in [0.05, 0.1) is 5.92 Å². The van der Waals surface area contributed by atoms with Crippen LogP contribution < -0.4 is 0 Å². The van der Waals surface area contributed by atoms with Gasteiger partial charge >= 0.3 is 17.9 Å². The molecule has 2 aliphatic carbocycles. The number of rotatable bonds is 4. The Balaban J connectivity index is 1.62. The van der Waals surface area contributed by atoms with Gasteiger partial charge in [-0.1, -0.05) is 0 Å². The minimum absolute atomic E-state index is 0.0744. The van der Waals surface area contributed by atoms with Crippen molar-refractivity contribution in [3.05, 3.63) is 0 Å². The molecule has 0 amide bonds. The summed E-state index contributed by atoms with van der Waals surface area (Å²) in [7, 11) is 0.